The number of amides is 1. The molecule has 9 heteroatoms. The number of aromatic nitrogens is 2. The molecule has 0 aliphatic heterocycles. The molecule has 6 nitrogen and oxygen atoms in total. The summed E-state index contributed by atoms with van der Waals surface area (Å²) in [5, 5.41) is 2.59. The van der Waals surface area contributed by atoms with Crippen molar-refractivity contribution < 1.29 is 22.7 Å². The molecule has 1 amide bonds. The summed E-state index contributed by atoms with van der Waals surface area (Å²) >= 11 is 0. The van der Waals surface area contributed by atoms with Gasteiger partial charge in [0.05, 0.1) is 12.2 Å². The zero-order valence-electron chi connectivity index (χ0n) is 13.0. The third kappa shape index (κ3) is 5.11. The van der Waals surface area contributed by atoms with Crippen LogP contribution in [0.15, 0.2) is 36.5 Å². The summed E-state index contributed by atoms with van der Waals surface area (Å²) in [5.74, 6) is -0.498. The number of rotatable bonds is 5. The van der Waals surface area contributed by atoms with Crippen molar-refractivity contribution in [3.8, 4) is 5.75 Å². The lowest BCUT2D eigenvalue weighted by Crippen LogP contribution is -2.24. The van der Waals surface area contributed by atoms with Crippen molar-refractivity contribution in [2.24, 2.45) is 0 Å². The number of hydrogen-bond acceptors (Lipinski definition) is 5. The number of halogens is 3. The SMILES string of the molecule is CN(C)c1nccc(CNC(=O)c2cccc(OC(F)(F)F)c2)n1. The zero-order valence-corrected chi connectivity index (χ0v) is 13.0. The first-order chi connectivity index (χ1) is 11.2. The van der Waals surface area contributed by atoms with Crippen LogP contribution in [-0.2, 0) is 6.54 Å². The highest BCUT2D eigenvalue weighted by molar-refractivity contribution is 5.94. The second-order valence-electron chi connectivity index (χ2n) is 5.00. The summed E-state index contributed by atoms with van der Waals surface area (Å²) in [6, 6.07) is 6.48. The minimum atomic E-state index is -4.81. The first-order valence-electron chi connectivity index (χ1n) is 6.88. The van der Waals surface area contributed by atoms with E-state index in [1.165, 1.54) is 12.1 Å². The van der Waals surface area contributed by atoms with Gasteiger partial charge in [-0.25, -0.2) is 9.97 Å². The number of carbonyl (C=O) groups excluding carboxylic acids is 1. The summed E-state index contributed by atoms with van der Waals surface area (Å²) in [6.07, 6.45) is -3.25. The summed E-state index contributed by atoms with van der Waals surface area (Å²) in [7, 11) is 3.56. The quantitative estimate of drug-likeness (QED) is 0.905. The van der Waals surface area contributed by atoms with Crippen LogP contribution in [-0.4, -0.2) is 36.3 Å². The van der Waals surface area contributed by atoms with E-state index in [1.54, 1.807) is 31.3 Å². The Morgan fingerprint density at radius 2 is 2.04 bits per heavy atom. The predicted molar refractivity (Wildman–Crippen MR) is 80.7 cm³/mol. The van der Waals surface area contributed by atoms with E-state index in [9.17, 15) is 18.0 Å². The molecule has 0 atom stereocenters. The van der Waals surface area contributed by atoms with E-state index in [2.05, 4.69) is 20.0 Å². The summed E-state index contributed by atoms with van der Waals surface area (Å²) in [5.41, 5.74) is 0.628. The average molecular weight is 340 g/mol. The van der Waals surface area contributed by atoms with Gasteiger partial charge in [-0.1, -0.05) is 6.07 Å². The summed E-state index contributed by atoms with van der Waals surface area (Å²) in [4.78, 5) is 22.0. The Morgan fingerprint density at radius 3 is 2.71 bits per heavy atom. The predicted octanol–water partition coefficient (Wildman–Crippen LogP) is 2.37. The minimum absolute atomic E-state index is 0.0543. The molecule has 24 heavy (non-hydrogen) atoms. The van der Waals surface area contributed by atoms with Gasteiger partial charge in [-0.2, -0.15) is 0 Å². The Balaban J connectivity index is 2.02. The molecule has 0 bridgehead atoms. The Morgan fingerprint density at radius 1 is 1.29 bits per heavy atom. The maximum absolute atomic E-state index is 12.2. The van der Waals surface area contributed by atoms with E-state index in [0.717, 1.165) is 12.1 Å². The number of hydrogen-bond donors (Lipinski definition) is 1. The number of ether oxygens (including phenoxy) is 1. The molecular weight excluding hydrogens is 325 g/mol. The van der Waals surface area contributed by atoms with Crippen LogP contribution in [0.25, 0.3) is 0 Å². The van der Waals surface area contributed by atoms with Crippen LogP contribution in [0, 0.1) is 0 Å². The van der Waals surface area contributed by atoms with Crippen molar-refractivity contribution in [2.75, 3.05) is 19.0 Å². The van der Waals surface area contributed by atoms with Gasteiger partial charge >= 0.3 is 6.36 Å². The third-order valence-corrected chi connectivity index (χ3v) is 2.86. The Hall–Kier alpha value is -2.84. The summed E-state index contributed by atoms with van der Waals surface area (Å²) < 4.78 is 40.4. The molecule has 1 heterocycles. The van der Waals surface area contributed by atoms with Gasteiger partial charge in [-0.15, -0.1) is 13.2 Å². The fraction of sp³-hybridized carbons (Fsp3) is 0.267. The van der Waals surface area contributed by atoms with Crippen molar-refractivity contribution in [1.82, 2.24) is 15.3 Å². The molecule has 1 N–H and O–H groups in total. The molecule has 0 saturated heterocycles. The highest BCUT2D eigenvalue weighted by Gasteiger charge is 2.31. The molecule has 2 aromatic rings. The van der Waals surface area contributed by atoms with Crippen molar-refractivity contribution >= 4 is 11.9 Å². The number of benzene rings is 1. The van der Waals surface area contributed by atoms with Gasteiger partial charge in [0.2, 0.25) is 5.95 Å². The third-order valence-electron chi connectivity index (χ3n) is 2.86. The van der Waals surface area contributed by atoms with Crippen LogP contribution in [0.3, 0.4) is 0 Å². The monoisotopic (exact) mass is 340 g/mol. The molecule has 1 aromatic heterocycles. The van der Waals surface area contributed by atoms with E-state index < -0.39 is 18.0 Å². The maximum atomic E-state index is 12.2. The fourth-order valence-corrected chi connectivity index (χ4v) is 1.81. The maximum Gasteiger partial charge on any atom is 0.573 e. The highest BCUT2D eigenvalue weighted by Crippen LogP contribution is 2.23. The van der Waals surface area contributed by atoms with Crippen LogP contribution in [0.4, 0.5) is 19.1 Å². The van der Waals surface area contributed by atoms with Crippen LogP contribution < -0.4 is 15.0 Å². The van der Waals surface area contributed by atoms with Gasteiger partial charge in [0.1, 0.15) is 5.75 Å². The fourth-order valence-electron chi connectivity index (χ4n) is 1.81. The molecule has 0 unspecified atom stereocenters. The normalized spacial score (nSPS) is 11.0. The summed E-state index contributed by atoms with van der Waals surface area (Å²) in [6.45, 7) is 0.118. The van der Waals surface area contributed by atoms with Crippen molar-refractivity contribution in [2.45, 2.75) is 12.9 Å². The Labute approximate surface area is 136 Å². The van der Waals surface area contributed by atoms with E-state index in [1.807, 2.05) is 0 Å². The minimum Gasteiger partial charge on any atom is -0.406 e. The number of carbonyl (C=O) groups is 1. The van der Waals surface area contributed by atoms with Crippen molar-refractivity contribution in [1.29, 1.82) is 0 Å². The van der Waals surface area contributed by atoms with Crippen LogP contribution >= 0.6 is 0 Å². The van der Waals surface area contributed by atoms with E-state index >= 15 is 0 Å². The number of alkyl halides is 3. The van der Waals surface area contributed by atoms with Gasteiger partial charge in [-0.05, 0) is 24.3 Å². The van der Waals surface area contributed by atoms with Gasteiger partial charge in [0.25, 0.3) is 5.91 Å². The topological polar surface area (TPSA) is 67.4 Å². The first kappa shape index (κ1) is 17.5. The first-order valence-corrected chi connectivity index (χ1v) is 6.88. The highest BCUT2D eigenvalue weighted by atomic mass is 19.4. The molecule has 1 aromatic carbocycles. The zero-order chi connectivity index (χ0) is 17.7. The second-order valence-corrected chi connectivity index (χ2v) is 5.00. The van der Waals surface area contributed by atoms with Crippen LogP contribution in [0.5, 0.6) is 5.75 Å². The van der Waals surface area contributed by atoms with Gasteiger partial charge in [-0.3, -0.25) is 4.79 Å². The van der Waals surface area contributed by atoms with E-state index in [-0.39, 0.29) is 12.1 Å². The van der Waals surface area contributed by atoms with Gasteiger partial charge in [0, 0.05) is 25.9 Å². The van der Waals surface area contributed by atoms with E-state index in [4.69, 9.17) is 0 Å². The lowest BCUT2D eigenvalue weighted by Gasteiger charge is -2.12. The number of anilines is 1. The Bertz CT molecular complexity index is 720. The molecule has 0 saturated carbocycles. The van der Waals surface area contributed by atoms with Crippen molar-refractivity contribution in [3.63, 3.8) is 0 Å². The standard InChI is InChI=1S/C15H15F3N4O2/c1-22(2)14-19-7-6-11(21-14)9-20-13(23)10-4-3-5-12(8-10)24-15(16,17)18/h3-8H,9H2,1-2H3,(H,20,23). The molecule has 0 radical (unpaired) electrons. The van der Waals surface area contributed by atoms with Crippen LogP contribution in [0.1, 0.15) is 16.1 Å². The molecule has 0 aliphatic carbocycles. The smallest absolute Gasteiger partial charge is 0.406 e. The molecule has 128 valence electrons. The lowest BCUT2D eigenvalue weighted by molar-refractivity contribution is -0.274. The Kier molecular flexibility index (Phi) is 5.22. The molecular formula is C15H15F3N4O2. The van der Waals surface area contributed by atoms with Gasteiger partial charge < -0.3 is 15.0 Å². The van der Waals surface area contributed by atoms with Gasteiger partial charge in [0.15, 0.2) is 0 Å². The molecule has 2 rings (SSSR count). The molecule has 0 spiro atoms. The van der Waals surface area contributed by atoms with E-state index in [0.29, 0.717) is 11.6 Å². The molecule has 0 aliphatic rings. The molecule has 0 fully saturated rings. The number of nitrogens with one attached hydrogen (secondary N) is 1. The second kappa shape index (κ2) is 7.16. The average Bonchev–Trinajstić information content (AvgIpc) is 2.51. The van der Waals surface area contributed by atoms with Crippen LogP contribution in [0.2, 0.25) is 0 Å². The lowest BCUT2D eigenvalue weighted by atomic mass is 10.2. The largest absolute Gasteiger partial charge is 0.573 e. The number of nitrogens with zero attached hydrogens (tertiary/aromatic N) is 3. The van der Waals surface area contributed by atoms with Crippen molar-refractivity contribution in [3.05, 3.63) is 47.8 Å².